The van der Waals surface area contributed by atoms with Crippen molar-refractivity contribution in [2.24, 2.45) is 64.1 Å². The average molecular weight is 1030 g/mol. The van der Waals surface area contributed by atoms with Gasteiger partial charge in [-0.3, -0.25) is 0 Å². The number of halogens is 18. The van der Waals surface area contributed by atoms with E-state index >= 15 is 0 Å². The Balaban J connectivity index is 0.000000263. The molecule has 10 atom stereocenters. The maximum Gasteiger partial charge on any atom is 0.428 e. The van der Waals surface area contributed by atoms with E-state index in [9.17, 15) is 79.0 Å². The van der Waals surface area contributed by atoms with Crippen LogP contribution in [0.5, 0.6) is 0 Å². The lowest BCUT2D eigenvalue weighted by Crippen LogP contribution is -2.62. The fourth-order valence-corrected chi connectivity index (χ4v) is 11.7. The Labute approximate surface area is 386 Å². The number of hydrogen-bond acceptors (Lipinski definition) is 5. The third kappa shape index (κ3) is 12.6. The predicted molar refractivity (Wildman–Crippen MR) is 212 cm³/mol. The maximum absolute atomic E-state index is 13.6. The van der Waals surface area contributed by atoms with Gasteiger partial charge in [-0.1, -0.05) is 41.5 Å². The summed E-state index contributed by atoms with van der Waals surface area (Å²) >= 11 is 0. The molecule has 6 rings (SSSR count). The van der Waals surface area contributed by atoms with E-state index in [-0.39, 0.29) is 37.5 Å². The molecule has 0 radical (unpaired) electrons. The van der Waals surface area contributed by atoms with Crippen molar-refractivity contribution in [3.63, 3.8) is 0 Å². The number of ether oxygens (including phenoxy) is 5. The van der Waals surface area contributed by atoms with Crippen molar-refractivity contribution >= 4 is 0 Å². The molecule has 0 N–H and O–H groups in total. The molecule has 0 amide bonds. The number of fused-ring (bicyclic) bond motifs is 11. The lowest BCUT2D eigenvalue weighted by molar-refractivity contribution is -0.403. The van der Waals surface area contributed by atoms with Crippen molar-refractivity contribution in [2.75, 3.05) is 34.4 Å². The zero-order chi connectivity index (χ0) is 52.3. The van der Waals surface area contributed by atoms with Gasteiger partial charge in [-0.15, -0.1) is 0 Å². The highest BCUT2D eigenvalue weighted by Gasteiger charge is 2.75. The normalized spacial score (nSPS) is 29.6. The summed E-state index contributed by atoms with van der Waals surface area (Å²) in [5.74, 6) is 2.13. The van der Waals surface area contributed by atoms with Gasteiger partial charge in [-0.2, -0.15) is 79.0 Å². The number of alkyl halides is 18. The molecule has 0 aliphatic heterocycles. The Morgan fingerprint density at radius 3 is 1.18 bits per heavy atom. The minimum Gasteiger partial charge on any atom is -0.374 e. The first kappa shape index (κ1) is 60.8. The fraction of sp³-hybridized carbons (Fsp3) is 1.00. The third-order valence-electron chi connectivity index (χ3n) is 16.8. The van der Waals surface area contributed by atoms with Gasteiger partial charge in [0.2, 0.25) is 0 Å². The largest absolute Gasteiger partial charge is 0.428 e. The van der Waals surface area contributed by atoms with E-state index in [4.69, 9.17) is 4.74 Å². The zero-order valence-corrected chi connectivity index (χ0v) is 39.6. The average Bonchev–Trinajstić information content (AvgIpc) is 4.09. The fourth-order valence-electron chi connectivity index (χ4n) is 11.7. The molecule has 68 heavy (non-hydrogen) atoms. The van der Waals surface area contributed by atoms with Gasteiger partial charge >= 0.3 is 37.1 Å². The molecule has 6 bridgehead atoms. The highest BCUT2D eigenvalue weighted by molar-refractivity contribution is 5.12. The molecule has 6 fully saturated rings. The Morgan fingerprint density at radius 2 is 0.838 bits per heavy atom. The molecule has 0 saturated heterocycles. The van der Waals surface area contributed by atoms with Crippen molar-refractivity contribution in [1.82, 2.24) is 0 Å². The molecule has 6 aliphatic carbocycles. The van der Waals surface area contributed by atoms with E-state index in [1.807, 2.05) is 0 Å². The third-order valence-corrected chi connectivity index (χ3v) is 16.8. The smallest absolute Gasteiger partial charge is 0.374 e. The SMILES string of the molecule is CCC(C)(CC)C(F)(F)F.CCC(C)(CC)C(F)(F)F.COCOC(CC1CC2CC1C1C3CCC(C3)C21)(C(F)(F)F)C(F)(F)F.COCOC(COC1CC2CCC1C2)(C(F)(F)F)C(F)(F)F. The summed E-state index contributed by atoms with van der Waals surface area (Å²) in [4.78, 5) is 0. The second kappa shape index (κ2) is 22.3. The number of rotatable bonds is 15. The number of hydrogen-bond donors (Lipinski definition) is 0. The second-order valence-electron chi connectivity index (χ2n) is 20.1. The molecule has 6 aliphatic rings. The summed E-state index contributed by atoms with van der Waals surface area (Å²) in [7, 11) is 1.98. The molecule has 0 aromatic rings. The van der Waals surface area contributed by atoms with Gasteiger partial charge in [0.25, 0.3) is 11.2 Å². The summed E-state index contributed by atoms with van der Waals surface area (Å²) in [5.41, 5.74) is -11.5. The zero-order valence-electron chi connectivity index (χ0n) is 39.6. The van der Waals surface area contributed by atoms with Gasteiger partial charge in [-0.25, -0.2) is 0 Å². The van der Waals surface area contributed by atoms with Gasteiger partial charge in [0.1, 0.15) is 13.6 Å². The first-order chi connectivity index (χ1) is 30.9. The summed E-state index contributed by atoms with van der Waals surface area (Å²) in [6, 6.07) is 0. The van der Waals surface area contributed by atoms with Crippen molar-refractivity contribution in [1.29, 1.82) is 0 Å². The predicted octanol–water partition coefficient (Wildman–Crippen LogP) is 15.6. The van der Waals surface area contributed by atoms with Crippen LogP contribution in [0.25, 0.3) is 0 Å². The quantitative estimate of drug-likeness (QED) is 0.0929. The van der Waals surface area contributed by atoms with Crippen LogP contribution in [0.4, 0.5) is 79.0 Å². The Kier molecular flexibility index (Phi) is 20.0. The van der Waals surface area contributed by atoms with Gasteiger partial charge in [0.15, 0.2) is 0 Å². The van der Waals surface area contributed by atoms with E-state index < -0.39 is 97.7 Å². The Bertz CT molecular complexity index is 1480. The van der Waals surface area contributed by atoms with Crippen LogP contribution in [-0.2, 0) is 23.7 Å². The first-order valence-corrected chi connectivity index (χ1v) is 23.2. The second-order valence-corrected chi connectivity index (χ2v) is 20.1. The van der Waals surface area contributed by atoms with Gasteiger partial charge in [0, 0.05) is 14.2 Å². The van der Waals surface area contributed by atoms with Crippen LogP contribution >= 0.6 is 0 Å². The van der Waals surface area contributed by atoms with E-state index in [1.165, 1.54) is 20.3 Å². The molecule has 23 heteroatoms. The van der Waals surface area contributed by atoms with Gasteiger partial charge in [0.05, 0.1) is 23.5 Å². The van der Waals surface area contributed by atoms with E-state index in [0.29, 0.717) is 48.3 Å². The van der Waals surface area contributed by atoms with Crippen LogP contribution < -0.4 is 0 Å². The molecule has 0 spiro atoms. The molecule has 0 heterocycles. The van der Waals surface area contributed by atoms with Crippen LogP contribution in [-0.4, -0.2) is 88.8 Å². The van der Waals surface area contributed by atoms with Crippen molar-refractivity contribution in [3.05, 3.63) is 0 Å². The first-order valence-electron chi connectivity index (χ1n) is 23.2. The maximum atomic E-state index is 13.6. The highest BCUT2D eigenvalue weighted by Crippen LogP contribution is 2.70. The molecule has 0 aromatic heterocycles. The lowest BCUT2D eigenvalue weighted by Gasteiger charge is -2.43. The highest BCUT2D eigenvalue weighted by atomic mass is 19.4. The van der Waals surface area contributed by atoms with E-state index in [2.05, 4.69) is 18.9 Å². The topological polar surface area (TPSA) is 46.2 Å². The molecule has 5 nitrogen and oxygen atoms in total. The molecule has 404 valence electrons. The summed E-state index contributed by atoms with van der Waals surface area (Å²) < 4.78 is 255. The molecular weight excluding hydrogens is 962 g/mol. The minimum absolute atomic E-state index is 0.0180. The Morgan fingerprint density at radius 1 is 0.426 bits per heavy atom. The van der Waals surface area contributed by atoms with Crippen LogP contribution in [0, 0.1) is 64.1 Å². The molecular formula is C45H68F18O5. The van der Waals surface area contributed by atoms with Crippen molar-refractivity contribution in [2.45, 2.75) is 186 Å². The monoisotopic (exact) mass is 1030 g/mol. The molecule has 0 aromatic carbocycles. The number of methoxy groups -OCH3 is 2. The van der Waals surface area contributed by atoms with Crippen LogP contribution in [0.3, 0.4) is 0 Å². The van der Waals surface area contributed by atoms with Gasteiger partial charge in [-0.05, 0) is 143 Å². The van der Waals surface area contributed by atoms with E-state index in [0.717, 1.165) is 52.7 Å². The van der Waals surface area contributed by atoms with Crippen LogP contribution in [0.1, 0.15) is 131 Å². The van der Waals surface area contributed by atoms with Crippen LogP contribution in [0.2, 0.25) is 0 Å². The summed E-state index contributed by atoms with van der Waals surface area (Å²) in [6.45, 7) is 5.02. The van der Waals surface area contributed by atoms with E-state index in [1.54, 1.807) is 27.7 Å². The minimum atomic E-state index is -5.65. The van der Waals surface area contributed by atoms with Crippen molar-refractivity contribution in [3.8, 4) is 0 Å². The van der Waals surface area contributed by atoms with Crippen LogP contribution in [0.15, 0.2) is 0 Å². The molecule has 10 unspecified atom stereocenters. The Hall–Kier alpha value is -1.46. The lowest BCUT2D eigenvalue weighted by atomic mass is 9.65. The molecule has 6 saturated carbocycles. The van der Waals surface area contributed by atoms with Crippen molar-refractivity contribution < 1.29 is 103 Å². The standard InChI is InChI=1S/C18H24F6O2.C13H18F6O3.2C7H13F3/c1-25-8-26-16(17(19,20)21,18(22,23)24)7-12-5-11-6-13(12)15-10-3-2-9(4-10)14(11)15;1-20-7-22-11(12(14,15)16,13(17,18)19)6-21-10-5-8-2-3-9(10)4-8;2*1-4-6(3,5-2)7(8,9)10/h9-15H,2-8H2,1H3;8-10H,2-7H2,1H3;2*4-5H2,1-3H3. The summed E-state index contributed by atoms with van der Waals surface area (Å²) in [5, 5.41) is 0. The van der Waals surface area contributed by atoms with Gasteiger partial charge < -0.3 is 23.7 Å². The summed E-state index contributed by atoms with van der Waals surface area (Å²) in [6.07, 6.45) is -23.7.